The fourth-order valence-electron chi connectivity index (χ4n) is 1.89. The smallest absolute Gasteiger partial charge is 0.257 e. The van der Waals surface area contributed by atoms with Crippen molar-refractivity contribution in [3.05, 3.63) is 69.3 Å². The van der Waals surface area contributed by atoms with Crippen LogP contribution >= 0.6 is 34.5 Å². The van der Waals surface area contributed by atoms with E-state index in [2.05, 4.69) is 10.3 Å². The van der Waals surface area contributed by atoms with Crippen molar-refractivity contribution in [3.63, 3.8) is 0 Å². The zero-order valence-electron chi connectivity index (χ0n) is 11.5. The summed E-state index contributed by atoms with van der Waals surface area (Å²) in [7, 11) is 0. The lowest BCUT2D eigenvalue weighted by Crippen LogP contribution is -2.11. The van der Waals surface area contributed by atoms with Crippen LogP contribution in [0.1, 0.15) is 10.4 Å². The van der Waals surface area contributed by atoms with Crippen molar-refractivity contribution in [3.8, 4) is 11.3 Å². The number of amides is 1. The van der Waals surface area contributed by atoms with Gasteiger partial charge in [-0.15, -0.1) is 11.3 Å². The first-order valence-electron chi connectivity index (χ1n) is 6.51. The molecule has 0 aliphatic carbocycles. The summed E-state index contributed by atoms with van der Waals surface area (Å²) in [6.07, 6.45) is 0. The van der Waals surface area contributed by atoms with E-state index >= 15 is 0 Å². The van der Waals surface area contributed by atoms with Crippen LogP contribution in [0, 0.1) is 5.82 Å². The van der Waals surface area contributed by atoms with Crippen LogP contribution < -0.4 is 5.32 Å². The van der Waals surface area contributed by atoms with Gasteiger partial charge in [0.1, 0.15) is 5.82 Å². The van der Waals surface area contributed by atoms with Gasteiger partial charge in [-0.25, -0.2) is 9.37 Å². The number of carbonyl (C=O) groups is 1. The van der Waals surface area contributed by atoms with Crippen molar-refractivity contribution < 1.29 is 9.18 Å². The van der Waals surface area contributed by atoms with Crippen LogP contribution in [0.2, 0.25) is 10.0 Å². The van der Waals surface area contributed by atoms with Gasteiger partial charge < -0.3 is 0 Å². The first kappa shape index (κ1) is 15.9. The highest BCUT2D eigenvalue weighted by Crippen LogP contribution is 2.30. The molecule has 3 nitrogen and oxygen atoms in total. The number of thiazole rings is 1. The molecule has 0 saturated carbocycles. The van der Waals surface area contributed by atoms with Crippen molar-refractivity contribution in [2.75, 3.05) is 5.32 Å². The average Bonchev–Trinajstić information content (AvgIpc) is 2.99. The normalized spacial score (nSPS) is 10.6. The highest BCUT2D eigenvalue weighted by molar-refractivity contribution is 7.14. The van der Waals surface area contributed by atoms with E-state index < -0.39 is 5.82 Å². The lowest BCUT2D eigenvalue weighted by molar-refractivity contribution is 0.102. The maximum atomic E-state index is 12.9. The number of carbonyl (C=O) groups excluding carboxylic acids is 1. The van der Waals surface area contributed by atoms with Gasteiger partial charge in [-0.2, -0.15) is 0 Å². The maximum Gasteiger partial charge on any atom is 0.257 e. The highest BCUT2D eigenvalue weighted by Gasteiger charge is 2.11. The van der Waals surface area contributed by atoms with E-state index in [4.69, 9.17) is 23.2 Å². The Hall–Kier alpha value is -1.95. The van der Waals surface area contributed by atoms with E-state index in [1.165, 1.54) is 35.6 Å². The Morgan fingerprint density at radius 2 is 1.83 bits per heavy atom. The second-order valence-electron chi connectivity index (χ2n) is 4.63. The van der Waals surface area contributed by atoms with E-state index in [1.54, 1.807) is 23.6 Å². The molecular formula is C16H9Cl2FN2OS. The van der Waals surface area contributed by atoms with Crippen LogP contribution in [0.5, 0.6) is 0 Å². The number of rotatable bonds is 3. The predicted molar refractivity (Wildman–Crippen MR) is 91.9 cm³/mol. The van der Waals surface area contributed by atoms with Gasteiger partial charge in [-0.1, -0.05) is 29.3 Å². The molecule has 2 aromatic carbocycles. The number of benzene rings is 2. The molecular weight excluding hydrogens is 358 g/mol. The summed E-state index contributed by atoms with van der Waals surface area (Å²) in [6.45, 7) is 0. The molecule has 7 heteroatoms. The monoisotopic (exact) mass is 366 g/mol. The van der Waals surface area contributed by atoms with Gasteiger partial charge in [0.15, 0.2) is 5.13 Å². The fourth-order valence-corrected chi connectivity index (χ4v) is 2.90. The lowest BCUT2D eigenvalue weighted by Gasteiger charge is -2.02. The van der Waals surface area contributed by atoms with Crippen LogP contribution in [0.3, 0.4) is 0 Å². The Labute approximate surface area is 145 Å². The van der Waals surface area contributed by atoms with E-state index in [9.17, 15) is 9.18 Å². The van der Waals surface area contributed by atoms with Crippen LogP contribution in [-0.4, -0.2) is 10.9 Å². The van der Waals surface area contributed by atoms with Crippen molar-refractivity contribution in [1.29, 1.82) is 0 Å². The number of anilines is 1. The molecule has 1 amide bonds. The van der Waals surface area contributed by atoms with Gasteiger partial charge in [0.25, 0.3) is 5.91 Å². The molecule has 0 saturated heterocycles. The SMILES string of the molecule is O=C(Nc1nc(-c2ccc(Cl)c(Cl)c2)cs1)c1ccc(F)cc1. The molecule has 0 aliphatic heterocycles. The third-order valence-corrected chi connectivity index (χ3v) is 4.54. The molecule has 0 bridgehead atoms. The average molecular weight is 367 g/mol. The van der Waals surface area contributed by atoms with Crippen LogP contribution in [0.25, 0.3) is 11.3 Å². The molecule has 1 N–H and O–H groups in total. The van der Waals surface area contributed by atoms with Crippen LogP contribution in [0.4, 0.5) is 9.52 Å². The van der Waals surface area contributed by atoms with E-state index in [-0.39, 0.29) is 5.91 Å². The summed E-state index contributed by atoms with van der Waals surface area (Å²) in [5.41, 5.74) is 1.85. The van der Waals surface area contributed by atoms with Crippen LogP contribution in [0.15, 0.2) is 47.8 Å². The van der Waals surface area contributed by atoms with E-state index in [0.29, 0.717) is 26.4 Å². The Kier molecular flexibility index (Phi) is 4.61. The molecule has 0 aliphatic rings. The molecule has 0 radical (unpaired) electrons. The number of nitrogens with one attached hydrogen (secondary N) is 1. The Balaban J connectivity index is 1.77. The lowest BCUT2D eigenvalue weighted by atomic mass is 10.2. The zero-order chi connectivity index (χ0) is 16.4. The van der Waals surface area contributed by atoms with Crippen molar-refractivity contribution in [1.82, 2.24) is 4.98 Å². The predicted octanol–water partition coefficient (Wildman–Crippen LogP) is 5.51. The fraction of sp³-hybridized carbons (Fsp3) is 0. The number of hydrogen-bond donors (Lipinski definition) is 1. The summed E-state index contributed by atoms with van der Waals surface area (Å²) >= 11 is 13.2. The molecule has 1 aromatic heterocycles. The molecule has 0 spiro atoms. The molecule has 0 unspecified atom stereocenters. The molecule has 23 heavy (non-hydrogen) atoms. The number of halogens is 3. The van der Waals surface area contributed by atoms with E-state index in [1.807, 2.05) is 0 Å². The molecule has 0 fully saturated rings. The second-order valence-corrected chi connectivity index (χ2v) is 6.30. The molecule has 1 heterocycles. The number of aromatic nitrogens is 1. The van der Waals surface area contributed by atoms with Crippen molar-refractivity contribution in [2.24, 2.45) is 0 Å². The molecule has 0 atom stereocenters. The molecule has 3 aromatic rings. The van der Waals surface area contributed by atoms with Crippen molar-refractivity contribution >= 4 is 45.6 Å². The minimum absolute atomic E-state index is 0.347. The van der Waals surface area contributed by atoms with Crippen molar-refractivity contribution in [2.45, 2.75) is 0 Å². The first-order chi connectivity index (χ1) is 11.0. The number of hydrogen-bond acceptors (Lipinski definition) is 3. The standard InChI is InChI=1S/C16H9Cl2FN2OS/c17-12-6-3-10(7-13(12)18)14-8-23-16(20-14)21-15(22)9-1-4-11(19)5-2-9/h1-8H,(H,20,21,22). The topological polar surface area (TPSA) is 42.0 Å². The van der Waals surface area contributed by atoms with Gasteiger partial charge >= 0.3 is 0 Å². The quantitative estimate of drug-likeness (QED) is 0.663. The van der Waals surface area contributed by atoms with Gasteiger partial charge in [-0.05, 0) is 36.4 Å². The minimum atomic E-state index is -0.391. The zero-order valence-corrected chi connectivity index (χ0v) is 13.8. The summed E-state index contributed by atoms with van der Waals surface area (Å²) < 4.78 is 12.9. The summed E-state index contributed by atoms with van der Waals surface area (Å²) in [5, 5.41) is 5.84. The van der Waals surface area contributed by atoms with Gasteiger partial charge in [0.05, 0.1) is 15.7 Å². The summed E-state index contributed by atoms with van der Waals surface area (Å²) in [6, 6.07) is 10.5. The van der Waals surface area contributed by atoms with Gasteiger partial charge in [0.2, 0.25) is 0 Å². The number of nitrogens with zero attached hydrogens (tertiary/aromatic N) is 1. The maximum absolute atomic E-state index is 12.9. The Bertz CT molecular complexity index is 865. The largest absolute Gasteiger partial charge is 0.298 e. The first-order valence-corrected chi connectivity index (χ1v) is 8.14. The summed E-state index contributed by atoms with van der Waals surface area (Å²) in [5.74, 6) is -0.738. The third kappa shape index (κ3) is 3.69. The highest BCUT2D eigenvalue weighted by atomic mass is 35.5. The third-order valence-electron chi connectivity index (χ3n) is 3.05. The molecule has 3 rings (SSSR count). The Morgan fingerprint density at radius 3 is 2.52 bits per heavy atom. The van der Waals surface area contributed by atoms with Gasteiger partial charge in [0, 0.05) is 16.5 Å². The second kappa shape index (κ2) is 6.66. The van der Waals surface area contributed by atoms with Gasteiger partial charge in [-0.3, -0.25) is 10.1 Å². The Morgan fingerprint density at radius 1 is 1.09 bits per heavy atom. The minimum Gasteiger partial charge on any atom is -0.298 e. The molecule has 116 valence electrons. The van der Waals surface area contributed by atoms with Crippen LogP contribution in [-0.2, 0) is 0 Å². The van der Waals surface area contributed by atoms with E-state index in [0.717, 1.165) is 5.56 Å². The summed E-state index contributed by atoms with van der Waals surface area (Å²) in [4.78, 5) is 16.4.